The molecule has 0 radical (unpaired) electrons. The van der Waals surface area contributed by atoms with E-state index in [0.717, 1.165) is 17.3 Å². The first-order chi connectivity index (χ1) is 28.6. The summed E-state index contributed by atoms with van der Waals surface area (Å²) in [7, 11) is 1.42. The number of carbonyl (C=O) groups is 1. The molecule has 8 heterocycles. The highest BCUT2D eigenvalue weighted by molar-refractivity contribution is 6.29. The molecule has 0 aliphatic carbocycles. The van der Waals surface area contributed by atoms with E-state index in [0.29, 0.717) is 39.8 Å². The molecule has 1 aromatic carbocycles. The van der Waals surface area contributed by atoms with Crippen LogP contribution in [0.4, 0.5) is 23.4 Å². The molecule has 0 saturated carbocycles. The lowest BCUT2D eigenvalue weighted by molar-refractivity contribution is -0.113. The third kappa shape index (κ3) is 8.14. The Morgan fingerprint density at radius 2 is 1.36 bits per heavy atom. The van der Waals surface area contributed by atoms with Gasteiger partial charge in [0.2, 0.25) is 0 Å². The summed E-state index contributed by atoms with van der Waals surface area (Å²) in [6, 6.07) is 15.7. The van der Waals surface area contributed by atoms with Crippen molar-refractivity contribution in [3.05, 3.63) is 143 Å². The van der Waals surface area contributed by atoms with E-state index in [1.165, 1.54) is 54.8 Å². The van der Waals surface area contributed by atoms with Crippen molar-refractivity contribution >= 4 is 23.3 Å². The Morgan fingerprint density at radius 3 is 1.95 bits per heavy atom. The number of amides is 1. The van der Waals surface area contributed by atoms with E-state index in [1.807, 2.05) is 0 Å². The Labute approximate surface area is 334 Å². The second-order valence-corrected chi connectivity index (χ2v) is 12.7. The van der Waals surface area contributed by atoms with Crippen LogP contribution in [0.3, 0.4) is 0 Å². The molecule has 1 aliphatic heterocycles. The molecule has 21 heteroatoms. The highest BCUT2D eigenvalue weighted by atomic mass is 35.5. The van der Waals surface area contributed by atoms with Gasteiger partial charge in [-0.3, -0.25) is 24.0 Å². The number of benzene rings is 1. The van der Waals surface area contributed by atoms with E-state index in [1.54, 1.807) is 47.1 Å². The summed E-state index contributed by atoms with van der Waals surface area (Å²) in [5.41, 5.74) is 3.23. The summed E-state index contributed by atoms with van der Waals surface area (Å²) >= 11 is 5.72. The van der Waals surface area contributed by atoms with Crippen molar-refractivity contribution in [1.29, 1.82) is 0 Å². The van der Waals surface area contributed by atoms with Crippen molar-refractivity contribution in [2.75, 3.05) is 18.6 Å². The predicted molar refractivity (Wildman–Crippen MR) is 199 cm³/mol. The molecule has 1 amide bonds. The number of pyridine rings is 1. The molecular formula is C38H25ClF4N12O4. The molecular weight excluding hydrogens is 800 g/mol. The minimum absolute atomic E-state index is 0.00531. The molecule has 0 atom stereocenters. The van der Waals surface area contributed by atoms with E-state index in [4.69, 9.17) is 25.4 Å². The van der Waals surface area contributed by atoms with Crippen molar-refractivity contribution in [1.82, 2.24) is 54.8 Å². The number of aromatic nitrogens is 11. The van der Waals surface area contributed by atoms with Crippen molar-refractivity contribution in [3.63, 3.8) is 0 Å². The molecule has 9 rings (SSSR count). The zero-order chi connectivity index (χ0) is 41.0. The summed E-state index contributed by atoms with van der Waals surface area (Å²) in [6.07, 6.45) is 7.48. The topological polar surface area (TPSA) is 182 Å². The second-order valence-electron chi connectivity index (χ2n) is 12.4. The normalized spacial score (nSPS) is 12.4. The Morgan fingerprint density at radius 1 is 0.729 bits per heavy atom. The molecule has 7 aromatic heterocycles. The standard InChI is InChI=1S/C21H15F2N7O3.C17H10ClF2N5O/c1-32-12-7-19(31)29(10-12)21-14(23)9-25-20(26-21)16-8-18(15-4-6-33-28-15)30(27-16)11-17-13(22)3-2-5-24-17;18-16-12(20)8-21-17(22-16)14-7-15(13-5-6-26-24-13)25(23-14)9-10-3-1-2-4-11(10)19/h2-9H,10-11H2,1H3;1-8H,9H2. The van der Waals surface area contributed by atoms with Crippen LogP contribution in [-0.2, 0) is 22.6 Å². The van der Waals surface area contributed by atoms with Crippen LogP contribution < -0.4 is 4.90 Å². The van der Waals surface area contributed by atoms with E-state index in [-0.39, 0.29) is 59.5 Å². The van der Waals surface area contributed by atoms with E-state index in [2.05, 4.69) is 45.4 Å². The number of hydrogen-bond donors (Lipinski definition) is 0. The van der Waals surface area contributed by atoms with E-state index in [9.17, 15) is 22.4 Å². The van der Waals surface area contributed by atoms with Crippen LogP contribution in [0.25, 0.3) is 45.8 Å². The maximum atomic E-state index is 14.5. The second kappa shape index (κ2) is 16.5. The molecule has 8 aromatic rings. The quantitative estimate of drug-likeness (QED) is 0.107. The molecule has 0 saturated heterocycles. The number of ether oxygens (including phenoxy) is 1. The van der Waals surface area contributed by atoms with Crippen LogP contribution >= 0.6 is 11.6 Å². The fourth-order valence-electron chi connectivity index (χ4n) is 5.80. The first kappa shape index (κ1) is 38.3. The van der Waals surface area contributed by atoms with Crippen molar-refractivity contribution in [3.8, 4) is 45.8 Å². The number of methoxy groups -OCH3 is 1. The van der Waals surface area contributed by atoms with Crippen molar-refractivity contribution in [2.24, 2.45) is 0 Å². The number of anilines is 1. The van der Waals surface area contributed by atoms with Crippen LogP contribution in [0.2, 0.25) is 5.15 Å². The van der Waals surface area contributed by atoms with Gasteiger partial charge in [-0.05, 0) is 30.3 Å². The minimum Gasteiger partial charge on any atom is -0.499 e. The van der Waals surface area contributed by atoms with Gasteiger partial charge in [0.15, 0.2) is 34.3 Å². The maximum Gasteiger partial charge on any atom is 0.256 e. The summed E-state index contributed by atoms with van der Waals surface area (Å²) < 4.78 is 73.9. The number of halogens is 5. The van der Waals surface area contributed by atoms with Gasteiger partial charge in [0.25, 0.3) is 5.91 Å². The number of carbonyl (C=O) groups excluding carboxylic acids is 1. The molecule has 16 nitrogen and oxygen atoms in total. The molecule has 1 aliphatic rings. The summed E-state index contributed by atoms with van der Waals surface area (Å²) in [4.78, 5) is 33.5. The van der Waals surface area contributed by atoms with Gasteiger partial charge >= 0.3 is 0 Å². The van der Waals surface area contributed by atoms with Crippen molar-refractivity contribution < 1.29 is 36.1 Å². The number of rotatable bonds is 10. The molecule has 296 valence electrons. The largest absolute Gasteiger partial charge is 0.499 e. The Hall–Kier alpha value is -7.61. The zero-order valence-corrected chi connectivity index (χ0v) is 31.0. The van der Waals surface area contributed by atoms with E-state index >= 15 is 0 Å². The fraction of sp³-hybridized carbons (Fsp3) is 0.105. The van der Waals surface area contributed by atoms with Gasteiger partial charge in [-0.15, -0.1) is 0 Å². The number of nitrogens with zero attached hydrogens (tertiary/aromatic N) is 12. The van der Waals surface area contributed by atoms with Gasteiger partial charge in [0, 0.05) is 30.0 Å². The minimum atomic E-state index is -0.774. The average Bonchev–Trinajstić information content (AvgIpc) is 4.09. The molecule has 59 heavy (non-hydrogen) atoms. The monoisotopic (exact) mass is 824 g/mol. The van der Waals surface area contributed by atoms with Gasteiger partial charge < -0.3 is 13.8 Å². The SMILES string of the molecule is COC1=CC(=O)N(c2nc(-c3cc(-c4ccon4)n(Cc4ncccc4F)n3)ncc2F)C1.Fc1ccccc1Cn1nc(-c2ncc(F)c(Cl)n2)cc1-c1ccon1. The summed E-state index contributed by atoms with van der Waals surface area (Å²) in [5, 5.41) is 16.4. The highest BCUT2D eigenvalue weighted by Gasteiger charge is 2.29. The number of hydrogen-bond acceptors (Lipinski definition) is 13. The van der Waals surface area contributed by atoms with Gasteiger partial charge in [-0.1, -0.05) is 40.1 Å². The van der Waals surface area contributed by atoms with Gasteiger partial charge in [0.1, 0.15) is 52.7 Å². The molecule has 0 fully saturated rings. The predicted octanol–water partition coefficient (Wildman–Crippen LogP) is 6.57. The van der Waals surface area contributed by atoms with Gasteiger partial charge in [-0.2, -0.15) is 10.2 Å². The van der Waals surface area contributed by atoms with Crippen LogP contribution in [0.5, 0.6) is 0 Å². The molecule has 0 spiro atoms. The lowest BCUT2D eigenvalue weighted by atomic mass is 10.2. The third-order valence-electron chi connectivity index (χ3n) is 8.64. The first-order valence-corrected chi connectivity index (χ1v) is 17.6. The zero-order valence-electron chi connectivity index (χ0n) is 30.2. The smallest absolute Gasteiger partial charge is 0.256 e. The van der Waals surface area contributed by atoms with E-state index < -0.39 is 23.4 Å². The fourth-order valence-corrected chi connectivity index (χ4v) is 5.93. The lowest BCUT2D eigenvalue weighted by Gasteiger charge is -2.16. The maximum absolute atomic E-state index is 14.5. The Kier molecular flexibility index (Phi) is 10.7. The Balaban J connectivity index is 0.000000169. The molecule has 0 bridgehead atoms. The van der Waals surface area contributed by atoms with Crippen LogP contribution in [0.1, 0.15) is 11.3 Å². The third-order valence-corrected chi connectivity index (χ3v) is 8.91. The van der Waals surface area contributed by atoms with Gasteiger partial charge in [-0.25, -0.2) is 37.5 Å². The molecule has 0 unspecified atom stereocenters. The van der Waals surface area contributed by atoms with Crippen LogP contribution in [-0.4, -0.2) is 74.4 Å². The average molecular weight is 825 g/mol. The van der Waals surface area contributed by atoms with Crippen molar-refractivity contribution in [2.45, 2.75) is 13.1 Å². The van der Waals surface area contributed by atoms with Crippen LogP contribution in [0.15, 0.2) is 113 Å². The van der Waals surface area contributed by atoms with Gasteiger partial charge in [0.05, 0.1) is 56.2 Å². The first-order valence-electron chi connectivity index (χ1n) is 17.2. The van der Waals surface area contributed by atoms with Crippen LogP contribution in [0, 0.1) is 23.3 Å². The highest BCUT2D eigenvalue weighted by Crippen LogP contribution is 2.29. The summed E-state index contributed by atoms with van der Waals surface area (Å²) in [6.45, 7) is 0.193. The Bertz CT molecular complexity index is 2810. The lowest BCUT2D eigenvalue weighted by Crippen LogP contribution is -2.28. The molecule has 0 N–H and O–H groups in total. The summed E-state index contributed by atoms with van der Waals surface area (Å²) in [5.74, 6) is -2.41.